The van der Waals surface area contributed by atoms with Gasteiger partial charge in [-0.25, -0.2) is 0 Å². The number of fused-ring (bicyclic) bond motifs is 1. The van der Waals surface area contributed by atoms with Crippen LogP contribution in [-0.2, 0) is 6.42 Å². The molecule has 3 nitrogen and oxygen atoms in total. The molecule has 0 aromatic heterocycles. The minimum absolute atomic E-state index is 0.543. The fourth-order valence-corrected chi connectivity index (χ4v) is 3.55. The Labute approximate surface area is 136 Å². The van der Waals surface area contributed by atoms with Crippen molar-refractivity contribution in [3.8, 4) is 11.5 Å². The summed E-state index contributed by atoms with van der Waals surface area (Å²) in [5.41, 5.74) is 2.55. The number of rotatable bonds is 3. The van der Waals surface area contributed by atoms with Gasteiger partial charge in [0.15, 0.2) is 0 Å². The molecule has 0 bridgehead atoms. The van der Waals surface area contributed by atoms with E-state index in [0.29, 0.717) is 22.9 Å². The van der Waals surface area contributed by atoms with Crippen LogP contribution >= 0.6 is 27.5 Å². The molecule has 0 radical (unpaired) electrons. The first kappa shape index (κ1) is 14.7. The molecule has 110 valence electrons. The number of hydrogen-bond acceptors (Lipinski definition) is 3. The molecule has 1 atom stereocenters. The van der Waals surface area contributed by atoms with Gasteiger partial charge in [-0.2, -0.15) is 0 Å². The molecule has 0 aliphatic carbocycles. The van der Waals surface area contributed by atoms with E-state index in [1.165, 1.54) is 0 Å². The summed E-state index contributed by atoms with van der Waals surface area (Å²) in [7, 11) is 1.57. The molecular weight excluding hydrogens is 356 g/mol. The summed E-state index contributed by atoms with van der Waals surface area (Å²) in [5.74, 6) is 1.48. The third-order valence-corrected chi connectivity index (χ3v) is 4.37. The summed E-state index contributed by atoms with van der Waals surface area (Å²) in [6.45, 7) is 0.695. The van der Waals surface area contributed by atoms with Crippen LogP contribution in [-0.4, -0.2) is 18.8 Å². The molecule has 0 spiro atoms. The van der Waals surface area contributed by atoms with E-state index >= 15 is 0 Å². The minimum Gasteiger partial charge on any atom is -0.495 e. The maximum atomic E-state index is 10.7. The van der Waals surface area contributed by atoms with Crippen molar-refractivity contribution in [2.75, 3.05) is 13.7 Å². The average molecular weight is 370 g/mol. The van der Waals surface area contributed by atoms with E-state index in [0.717, 1.165) is 27.8 Å². The summed E-state index contributed by atoms with van der Waals surface area (Å²) in [4.78, 5) is 0. The van der Waals surface area contributed by atoms with E-state index in [1.54, 1.807) is 19.2 Å². The maximum Gasteiger partial charge on any atom is 0.139 e. The predicted molar refractivity (Wildman–Crippen MR) is 85.4 cm³/mol. The molecule has 1 aliphatic rings. The van der Waals surface area contributed by atoms with Crippen molar-refractivity contribution in [3.63, 3.8) is 0 Å². The summed E-state index contributed by atoms with van der Waals surface area (Å²) < 4.78 is 11.6. The highest BCUT2D eigenvalue weighted by molar-refractivity contribution is 9.10. The van der Waals surface area contributed by atoms with Crippen LogP contribution in [0.25, 0.3) is 0 Å². The standard InChI is InChI=1S/C16H14BrClO3/c1-20-16-12(7-11(18)8-13(16)17)15(19)10-2-3-14-9(6-10)4-5-21-14/h2-3,6-8,15,19H,4-5H2,1H3. The van der Waals surface area contributed by atoms with E-state index in [-0.39, 0.29) is 0 Å². The molecule has 5 heteroatoms. The van der Waals surface area contributed by atoms with Gasteiger partial charge in [-0.15, -0.1) is 0 Å². The Kier molecular flexibility index (Phi) is 4.11. The topological polar surface area (TPSA) is 38.7 Å². The van der Waals surface area contributed by atoms with E-state index < -0.39 is 6.10 Å². The lowest BCUT2D eigenvalue weighted by molar-refractivity contribution is 0.214. The molecule has 1 aliphatic heterocycles. The smallest absolute Gasteiger partial charge is 0.139 e. The SMILES string of the molecule is COc1c(Br)cc(Cl)cc1C(O)c1ccc2c(c1)CCO2. The number of hydrogen-bond donors (Lipinski definition) is 1. The van der Waals surface area contributed by atoms with E-state index in [1.807, 2.05) is 18.2 Å². The first-order chi connectivity index (χ1) is 10.1. The van der Waals surface area contributed by atoms with E-state index in [2.05, 4.69) is 15.9 Å². The third kappa shape index (κ3) is 2.76. The molecule has 21 heavy (non-hydrogen) atoms. The van der Waals surface area contributed by atoms with Crippen LogP contribution in [0.2, 0.25) is 5.02 Å². The molecule has 2 aromatic carbocycles. The first-order valence-corrected chi connectivity index (χ1v) is 7.74. The number of methoxy groups -OCH3 is 1. The lowest BCUT2D eigenvalue weighted by Crippen LogP contribution is -2.03. The second kappa shape index (κ2) is 5.87. The van der Waals surface area contributed by atoms with Gasteiger partial charge in [-0.3, -0.25) is 0 Å². The van der Waals surface area contributed by atoms with Crippen LogP contribution in [0.5, 0.6) is 11.5 Å². The Morgan fingerprint density at radius 2 is 2.14 bits per heavy atom. The van der Waals surface area contributed by atoms with Crippen molar-refractivity contribution in [2.24, 2.45) is 0 Å². The molecule has 0 saturated carbocycles. The van der Waals surface area contributed by atoms with Crippen LogP contribution < -0.4 is 9.47 Å². The van der Waals surface area contributed by atoms with Crippen LogP contribution in [0.3, 0.4) is 0 Å². The van der Waals surface area contributed by atoms with Gasteiger partial charge in [0, 0.05) is 17.0 Å². The fourth-order valence-electron chi connectivity index (χ4n) is 2.55. The number of aliphatic hydroxyl groups is 1. The molecular formula is C16H14BrClO3. The first-order valence-electron chi connectivity index (χ1n) is 6.56. The van der Waals surface area contributed by atoms with Gasteiger partial charge in [-0.1, -0.05) is 17.7 Å². The lowest BCUT2D eigenvalue weighted by atomic mass is 9.98. The lowest BCUT2D eigenvalue weighted by Gasteiger charge is -2.17. The van der Waals surface area contributed by atoms with Crippen molar-refractivity contribution < 1.29 is 14.6 Å². The van der Waals surface area contributed by atoms with Crippen LogP contribution in [0, 0.1) is 0 Å². The predicted octanol–water partition coefficient (Wildman–Crippen LogP) is 4.13. The number of aliphatic hydroxyl groups excluding tert-OH is 1. The van der Waals surface area contributed by atoms with Gasteiger partial charge in [0.25, 0.3) is 0 Å². The van der Waals surface area contributed by atoms with Crippen molar-refractivity contribution in [2.45, 2.75) is 12.5 Å². The Balaban J connectivity index is 2.04. The largest absolute Gasteiger partial charge is 0.495 e. The van der Waals surface area contributed by atoms with E-state index in [4.69, 9.17) is 21.1 Å². The molecule has 1 heterocycles. The van der Waals surface area contributed by atoms with Gasteiger partial charge in [0.05, 0.1) is 18.2 Å². The summed E-state index contributed by atoms with van der Waals surface area (Å²) >= 11 is 9.50. The quantitative estimate of drug-likeness (QED) is 0.884. The minimum atomic E-state index is -0.805. The van der Waals surface area contributed by atoms with Crippen LogP contribution in [0.4, 0.5) is 0 Å². The van der Waals surface area contributed by atoms with Gasteiger partial charge in [0.1, 0.15) is 17.6 Å². The van der Waals surface area contributed by atoms with Crippen molar-refractivity contribution >= 4 is 27.5 Å². The zero-order valence-corrected chi connectivity index (χ0v) is 13.7. The normalized spacial score (nSPS) is 14.5. The highest BCUT2D eigenvalue weighted by atomic mass is 79.9. The number of halogens is 2. The second-order valence-corrected chi connectivity index (χ2v) is 6.17. The van der Waals surface area contributed by atoms with Gasteiger partial charge < -0.3 is 14.6 Å². The Morgan fingerprint density at radius 1 is 1.33 bits per heavy atom. The highest BCUT2D eigenvalue weighted by Gasteiger charge is 2.21. The zero-order chi connectivity index (χ0) is 15.0. The van der Waals surface area contributed by atoms with Crippen LogP contribution in [0.1, 0.15) is 22.8 Å². The Hall–Kier alpha value is -1.23. The molecule has 0 amide bonds. The molecule has 0 fully saturated rings. The van der Waals surface area contributed by atoms with Gasteiger partial charge in [-0.05, 0) is 51.3 Å². The van der Waals surface area contributed by atoms with E-state index in [9.17, 15) is 5.11 Å². The zero-order valence-electron chi connectivity index (χ0n) is 11.4. The average Bonchev–Trinajstić information content (AvgIpc) is 2.93. The number of ether oxygens (including phenoxy) is 2. The Morgan fingerprint density at radius 3 is 2.90 bits per heavy atom. The molecule has 1 unspecified atom stereocenters. The second-order valence-electron chi connectivity index (χ2n) is 4.88. The van der Waals surface area contributed by atoms with Crippen LogP contribution in [0.15, 0.2) is 34.8 Å². The summed E-state index contributed by atoms with van der Waals surface area (Å²) in [6.07, 6.45) is 0.0626. The number of benzene rings is 2. The van der Waals surface area contributed by atoms with Gasteiger partial charge in [0.2, 0.25) is 0 Å². The third-order valence-electron chi connectivity index (χ3n) is 3.57. The molecule has 3 rings (SSSR count). The molecule has 0 saturated heterocycles. The van der Waals surface area contributed by atoms with Crippen molar-refractivity contribution in [1.29, 1.82) is 0 Å². The molecule has 1 N–H and O–H groups in total. The maximum absolute atomic E-state index is 10.7. The Bertz CT molecular complexity index is 687. The molecule has 2 aromatic rings. The highest BCUT2D eigenvalue weighted by Crippen LogP contribution is 2.39. The van der Waals surface area contributed by atoms with Gasteiger partial charge >= 0.3 is 0 Å². The van der Waals surface area contributed by atoms with Crippen molar-refractivity contribution in [1.82, 2.24) is 0 Å². The summed E-state index contributed by atoms with van der Waals surface area (Å²) in [6, 6.07) is 9.20. The summed E-state index contributed by atoms with van der Waals surface area (Å²) in [5, 5.41) is 11.2. The van der Waals surface area contributed by atoms with Crippen molar-refractivity contribution in [3.05, 3.63) is 56.5 Å². The fraction of sp³-hybridized carbons (Fsp3) is 0.250. The monoisotopic (exact) mass is 368 g/mol.